The van der Waals surface area contributed by atoms with Crippen LogP contribution >= 0.6 is 0 Å². The second-order valence-corrected chi connectivity index (χ2v) is 8.59. The van der Waals surface area contributed by atoms with E-state index in [1.54, 1.807) is 24.3 Å². The molecule has 2 aromatic rings. The molecule has 26 heavy (non-hydrogen) atoms. The zero-order valence-electron chi connectivity index (χ0n) is 15.3. The molecule has 0 aliphatic carbocycles. The van der Waals surface area contributed by atoms with Crippen LogP contribution in [0.4, 0.5) is 5.69 Å². The van der Waals surface area contributed by atoms with Crippen LogP contribution in [0.25, 0.3) is 0 Å². The molecule has 0 saturated carbocycles. The third-order valence-corrected chi connectivity index (χ3v) is 5.80. The van der Waals surface area contributed by atoms with Gasteiger partial charge in [-0.05, 0) is 68.7 Å². The lowest BCUT2D eigenvalue weighted by atomic mass is 10.2. The average molecular weight is 375 g/mol. The van der Waals surface area contributed by atoms with Crippen molar-refractivity contribution in [2.24, 2.45) is 0 Å². The minimum absolute atomic E-state index is 0.0547. The summed E-state index contributed by atoms with van der Waals surface area (Å²) < 4.78 is 33.1. The molecule has 140 valence electrons. The van der Waals surface area contributed by atoms with E-state index in [4.69, 9.17) is 4.74 Å². The molecule has 0 spiro atoms. The maximum Gasteiger partial charge on any atom is 0.240 e. The van der Waals surface area contributed by atoms with Gasteiger partial charge in [0.05, 0.1) is 11.0 Å². The molecule has 0 amide bonds. The van der Waals surface area contributed by atoms with Crippen molar-refractivity contribution in [3.8, 4) is 5.75 Å². The van der Waals surface area contributed by atoms with Gasteiger partial charge in [0.15, 0.2) is 0 Å². The maximum atomic E-state index is 12.5. The van der Waals surface area contributed by atoms with Crippen LogP contribution in [0.15, 0.2) is 53.4 Å². The Bertz CT molecular complexity index is 809. The van der Waals surface area contributed by atoms with Crippen molar-refractivity contribution in [1.82, 2.24) is 4.72 Å². The van der Waals surface area contributed by atoms with Gasteiger partial charge in [0.1, 0.15) is 5.75 Å². The smallest absolute Gasteiger partial charge is 0.240 e. The van der Waals surface area contributed by atoms with Crippen LogP contribution in [-0.4, -0.2) is 27.6 Å². The highest BCUT2D eigenvalue weighted by Crippen LogP contribution is 2.21. The molecule has 0 atom stereocenters. The lowest BCUT2D eigenvalue weighted by Crippen LogP contribution is -2.23. The molecule has 0 bridgehead atoms. The Morgan fingerprint density at radius 3 is 2.19 bits per heavy atom. The number of ether oxygens (including phenoxy) is 1. The third-order valence-electron chi connectivity index (χ3n) is 4.38. The molecule has 6 heteroatoms. The van der Waals surface area contributed by atoms with E-state index in [2.05, 4.69) is 21.8 Å². The highest BCUT2D eigenvalue weighted by molar-refractivity contribution is 7.89. The fraction of sp³-hybridized carbons (Fsp3) is 0.400. The van der Waals surface area contributed by atoms with Crippen molar-refractivity contribution in [2.75, 3.05) is 18.0 Å². The highest BCUT2D eigenvalue weighted by Gasteiger charge is 2.15. The summed E-state index contributed by atoms with van der Waals surface area (Å²) in [7, 11) is -3.55. The molecule has 3 rings (SSSR count). The summed E-state index contributed by atoms with van der Waals surface area (Å²) in [6, 6.07) is 14.6. The molecular formula is C20H26N2O3S. The molecule has 1 aliphatic heterocycles. The van der Waals surface area contributed by atoms with E-state index >= 15 is 0 Å². The number of hydrogen-bond acceptors (Lipinski definition) is 4. The van der Waals surface area contributed by atoms with Gasteiger partial charge in [0.25, 0.3) is 0 Å². The van der Waals surface area contributed by atoms with Crippen LogP contribution in [0.2, 0.25) is 0 Å². The number of nitrogens with one attached hydrogen (secondary N) is 1. The van der Waals surface area contributed by atoms with Crippen molar-refractivity contribution in [3.63, 3.8) is 0 Å². The van der Waals surface area contributed by atoms with Crippen molar-refractivity contribution >= 4 is 15.7 Å². The van der Waals surface area contributed by atoms with Crippen LogP contribution in [0.1, 0.15) is 32.3 Å². The van der Waals surface area contributed by atoms with Crippen LogP contribution < -0.4 is 14.4 Å². The van der Waals surface area contributed by atoms with Crippen molar-refractivity contribution in [3.05, 3.63) is 54.1 Å². The van der Waals surface area contributed by atoms with E-state index in [1.807, 2.05) is 26.0 Å². The Morgan fingerprint density at radius 1 is 1.00 bits per heavy atom. The molecule has 0 radical (unpaired) electrons. The van der Waals surface area contributed by atoms with Gasteiger partial charge < -0.3 is 9.64 Å². The molecule has 0 aromatic heterocycles. The lowest BCUT2D eigenvalue weighted by molar-refractivity contribution is 0.242. The molecular weight excluding hydrogens is 348 g/mol. The Labute approximate surface area is 156 Å². The summed E-state index contributed by atoms with van der Waals surface area (Å²) in [5.41, 5.74) is 2.14. The normalized spacial score (nSPS) is 14.8. The molecule has 1 fully saturated rings. The number of hydrogen-bond donors (Lipinski definition) is 1. The summed E-state index contributed by atoms with van der Waals surface area (Å²) in [6.07, 6.45) is 2.53. The number of benzene rings is 2. The van der Waals surface area contributed by atoms with E-state index in [0.717, 1.165) is 18.7 Å². The first-order valence-electron chi connectivity index (χ1n) is 9.04. The molecule has 1 saturated heterocycles. The van der Waals surface area contributed by atoms with Gasteiger partial charge in [-0.2, -0.15) is 0 Å². The zero-order valence-corrected chi connectivity index (χ0v) is 16.1. The maximum absolute atomic E-state index is 12.5. The minimum atomic E-state index is -3.55. The predicted molar refractivity (Wildman–Crippen MR) is 104 cm³/mol. The van der Waals surface area contributed by atoms with Crippen LogP contribution in [0, 0.1) is 0 Å². The van der Waals surface area contributed by atoms with Gasteiger partial charge in [-0.25, -0.2) is 13.1 Å². The monoisotopic (exact) mass is 374 g/mol. The van der Waals surface area contributed by atoms with Crippen molar-refractivity contribution in [1.29, 1.82) is 0 Å². The van der Waals surface area contributed by atoms with Crippen molar-refractivity contribution < 1.29 is 13.2 Å². The first-order valence-corrected chi connectivity index (χ1v) is 10.5. The van der Waals surface area contributed by atoms with Crippen LogP contribution in [0.3, 0.4) is 0 Å². The van der Waals surface area contributed by atoms with Crippen molar-refractivity contribution in [2.45, 2.75) is 44.2 Å². The number of anilines is 1. The standard InChI is InChI=1S/C20H26N2O3S/c1-16(2)25-19-9-11-20(12-10-19)26(23,24)21-15-17-5-7-18(8-6-17)22-13-3-4-14-22/h5-12,16,21H,3-4,13-15H2,1-2H3. The minimum Gasteiger partial charge on any atom is -0.491 e. The Hall–Kier alpha value is -2.05. The fourth-order valence-electron chi connectivity index (χ4n) is 3.03. The zero-order chi connectivity index (χ0) is 18.6. The van der Waals surface area contributed by atoms with Crippen LogP contribution in [-0.2, 0) is 16.6 Å². The Kier molecular flexibility index (Phi) is 5.84. The van der Waals surface area contributed by atoms with Gasteiger partial charge in [0, 0.05) is 25.3 Å². The first kappa shape index (κ1) is 18.7. The molecule has 1 aliphatic rings. The van der Waals surface area contributed by atoms with Gasteiger partial charge >= 0.3 is 0 Å². The third kappa shape index (κ3) is 4.77. The summed E-state index contributed by atoms with van der Waals surface area (Å²) in [6.45, 7) is 6.33. The van der Waals surface area contributed by atoms with E-state index in [-0.39, 0.29) is 17.5 Å². The van der Waals surface area contributed by atoms with E-state index in [9.17, 15) is 8.42 Å². The average Bonchev–Trinajstić information content (AvgIpc) is 3.15. The Balaban J connectivity index is 1.60. The summed E-state index contributed by atoms with van der Waals surface area (Å²) in [4.78, 5) is 2.59. The summed E-state index contributed by atoms with van der Waals surface area (Å²) >= 11 is 0. The number of nitrogens with zero attached hydrogens (tertiary/aromatic N) is 1. The molecule has 1 N–H and O–H groups in total. The molecule has 0 unspecified atom stereocenters. The van der Waals surface area contributed by atoms with Gasteiger partial charge in [0.2, 0.25) is 10.0 Å². The lowest BCUT2D eigenvalue weighted by Gasteiger charge is -2.17. The number of sulfonamides is 1. The molecule has 5 nitrogen and oxygen atoms in total. The number of rotatable bonds is 7. The molecule has 2 aromatic carbocycles. The highest BCUT2D eigenvalue weighted by atomic mass is 32.2. The molecule has 1 heterocycles. The topological polar surface area (TPSA) is 58.6 Å². The quantitative estimate of drug-likeness (QED) is 0.805. The Morgan fingerprint density at radius 2 is 1.62 bits per heavy atom. The van der Waals surface area contributed by atoms with Gasteiger partial charge in [-0.3, -0.25) is 0 Å². The summed E-state index contributed by atoms with van der Waals surface area (Å²) in [5, 5.41) is 0. The van der Waals surface area contributed by atoms with E-state index in [0.29, 0.717) is 5.75 Å². The largest absolute Gasteiger partial charge is 0.491 e. The second-order valence-electron chi connectivity index (χ2n) is 6.82. The van der Waals surface area contributed by atoms with E-state index in [1.165, 1.54) is 18.5 Å². The second kappa shape index (κ2) is 8.10. The fourth-order valence-corrected chi connectivity index (χ4v) is 4.05. The van der Waals surface area contributed by atoms with Crippen LogP contribution in [0.5, 0.6) is 5.75 Å². The van der Waals surface area contributed by atoms with Gasteiger partial charge in [-0.1, -0.05) is 12.1 Å². The predicted octanol–water partition coefficient (Wildman–Crippen LogP) is 3.55. The van der Waals surface area contributed by atoms with E-state index < -0.39 is 10.0 Å². The summed E-state index contributed by atoms with van der Waals surface area (Å²) in [5.74, 6) is 0.663. The van der Waals surface area contributed by atoms with Gasteiger partial charge in [-0.15, -0.1) is 0 Å². The first-order chi connectivity index (χ1) is 12.4. The SMILES string of the molecule is CC(C)Oc1ccc(S(=O)(=O)NCc2ccc(N3CCCC3)cc2)cc1.